The summed E-state index contributed by atoms with van der Waals surface area (Å²) in [6.07, 6.45) is 2.03. The molecule has 0 aliphatic heterocycles. The van der Waals surface area contributed by atoms with Gasteiger partial charge in [-0.05, 0) is 36.8 Å². The number of carbonyl (C=O) groups excluding carboxylic acids is 2. The minimum absolute atomic E-state index is 0. The van der Waals surface area contributed by atoms with Crippen LogP contribution in [-0.2, 0) is 4.79 Å². The number of nitrogens with one attached hydrogen (secondary N) is 2. The first-order chi connectivity index (χ1) is 11.3. The zero-order valence-corrected chi connectivity index (χ0v) is 15.0. The molecular formula is C17H24ClF2N3O2. The lowest BCUT2D eigenvalue weighted by atomic mass is 10.0. The second-order valence-corrected chi connectivity index (χ2v) is 6.48. The number of carbonyl (C=O) groups is 2. The Balaban J connectivity index is 0.00000312. The summed E-state index contributed by atoms with van der Waals surface area (Å²) < 4.78 is 27.4. The van der Waals surface area contributed by atoms with Crippen molar-refractivity contribution in [3.05, 3.63) is 35.4 Å². The second-order valence-electron chi connectivity index (χ2n) is 6.48. The van der Waals surface area contributed by atoms with E-state index in [0.29, 0.717) is 12.5 Å². The number of nitrogens with two attached hydrogens (primary N) is 1. The van der Waals surface area contributed by atoms with E-state index in [-0.39, 0.29) is 24.4 Å². The van der Waals surface area contributed by atoms with Crippen LogP contribution < -0.4 is 16.4 Å². The van der Waals surface area contributed by atoms with E-state index in [1.54, 1.807) is 13.8 Å². The zero-order valence-electron chi connectivity index (χ0n) is 14.2. The van der Waals surface area contributed by atoms with E-state index < -0.39 is 35.1 Å². The molecule has 0 aromatic heterocycles. The molecule has 0 heterocycles. The van der Waals surface area contributed by atoms with Gasteiger partial charge in [0.15, 0.2) is 0 Å². The smallest absolute Gasteiger partial charge is 0.257 e. The Morgan fingerprint density at radius 1 is 1.20 bits per heavy atom. The van der Waals surface area contributed by atoms with Gasteiger partial charge in [-0.1, -0.05) is 19.9 Å². The summed E-state index contributed by atoms with van der Waals surface area (Å²) in [6.45, 7) is 3.81. The Morgan fingerprint density at radius 3 is 2.20 bits per heavy atom. The maximum atomic E-state index is 13.7. The molecule has 140 valence electrons. The SMILES string of the molecule is CC(C)C(NC(=O)c1c(F)cccc1F)C(=O)NC(CN)C1CC1.Cl. The molecular weight excluding hydrogens is 352 g/mol. The minimum atomic E-state index is -0.965. The molecule has 0 saturated heterocycles. The van der Waals surface area contributed by atoms with Crippen LogP contribution in [0.3, 0.4) is 0 Å². The molecule has 4 N–H and O–H groups in total. The number of halogens is 3. The molecule has 2 amide bonds. The first-order valence-corrected chi connectivity index (χ1v) is 8.10. The summed E-state index contributed by atoms with van der Waals surface area (Å²) in [4.78, 5) is 24.7. The summed E-state index contributed by atoms with van der Waals surface area (Å²) in [7, 11) is 0. The summed E-state index contributed by atoms with van der Waals surface area (Å²) in [5.74, 6) is -3.15. The summed E-state index contributed by atoms with van der Waals surface area (Å²) in [6, 6.07) is 2.14. The number of hydrogen-bond acceptors (Lipinski definition) is 3. The normalized spacial score (nSPS) is 15.9. The van der Waals surface area contributed by atoms with E-state index >= 15 is 0 Å². The summed E-state index contributed by atoms with van der Waals surface area (Å²) in [5, 5.41) is 5.26. The highest BCUT2D eigenvalue weighted by molar-refractivity contribution is 5.98. The highest BCUT2D eigenvalue weighted by atomic mass is 35.5. The Labute approximate surface area is 152 Å². The third kappa shape index (κ3) is 5.37. The molecule has 1 saturated carbocycles. The molecule has 2 atom stereocenters. The predicted molar refractivity (Wildman–Crippen MR) is 93.4 cm³/mol. The molecule has 2 unspecified atom stereocenters. The fourth-order valence-corrected chi connectivity index (χ4v) is 2.60. The fraction of sp³-hybridized carbons (Fsp3) is 0.529. The largest absolute Gasteiger partial charge is 0.350 e. The van der Waals surface area contributed by atoms with Gasteiger partial charge < -0.3 is 16.4 Å². The van der Waals surface area contributed by atoms with Gasteiger partial charge in [0.2, 0.25) is 5.91 Å². The van der Waals surface area contributed by atoms with E-state index in [1.165, 1.54) is 6.07 Å². The number of hydrogen-bond donors (Lipinski definition) is 3. The first kappa shape index (κ1) is 21.3. The van der Waals surface area contributed by atoms with E-state index in [0.717, 1.165) is 25.0 Å². The fourth-order valence-electron chi connectivity index (χ4n) is 2.60. The van der Waals surface area contributed by atoms with Crippen molar-refractivity contribution in [1.82, 2.24) is 10.6 Å². The number of amides is 2. The van der Waals surface area contributed by atoms with Gasteiger partial charge in [0.25, 0.3) is 5.91 Å². The number of rotatable bonds is 7. The highest BCUT2D eigenvalue weighted by Gasteiger charge is 2.34. The highest BCUT2D eigenvalue weighted by Crippen LogP contribution is 2.32. The first-order valence-electron chi connectivity index (χ1n) is 8.10. The van der Waals surface area contributed by atoms with Crippen LogP contribution in [0.15, 0.2) is 18.2 Å². The molecule has 25 heavy (non-hydrogen) atoms. The van der Waals surface area contributed by atoms with Gasteiger partial charge in [-0.2, -0.15) is 0 Å². The maximum Gasteiger partial charge on any atom is 0.257 e. The quantitative estimate of drug-likeness (QED) is 0.681. The number of benzene rings is 1. The van der Waals surface area contributed by atoms with Gasteiger partial charge in [-0.25, -0.2) is 8.78 Å². The van der Waals surface area contributed by atoms with Crippen LogP contribution in [0.2, 0.25) is 0 Å². The van der Waals surface area contributed by atoms with Crippen molar-refractivity contribution < 1.29 is 18.4 Å². The van der Waals surface area contributed by atoms with Crippen LogP contribution in [0.25, 0.3) is 0 Å². The van der Waals surface area contributed by atoms with Gasteiger partial charge in [-0.3, -0.25) is 9.59 Å². The van der Waals surface area contributed by atoms with Crippen LogP contribution in [0, 0.1) is 23.5 Å². The van der Waals surface area contributed by atoms with E-state index in [9.17, 15) is 18.4 Å². The molecule has 5 nitrogen and oxygen atoms in total. The molecule has 0 bridgehead atoms. The predicted octanol–water partition coefficient (Wildman–Crippen LogP) is 1.99. The molecule has 0 spiro atoms. The lowest BCUT2D eigenvalue weighted by Gasteiger charge is -2.25. The Bertz CT molecular complexity index is 604. The molecule has 1 aliphatic rings. The second kappa shape index (κ2) is 9.10. The average Bonchev–Trinajstić information content (AvgIpc) is 3.34. The van der Waals surface area contributed by atoms with Crippen LogP contribution in [0.4, 0.5) is 8.78 Å². The van der Waals surface area contributed by atoms with Crippen molar-refractivity contribution in [2.45, 2.75) is 38.8 Å². The minimum Gasteiger partial charge on any atom is -0.350 e. The Morgan fingerprint density at radius 2 is 1.76 bits per heavy atom. The molecule has 0 radical (unpaired) electrons. The van der Waals surface area contributed by atoms with Crippen molar-refractivity contribution in [3.63, 3.8) is 0 Å². The van der Waals surface area contributed by atoms with Crippen molar-refractivity contribution in [1.29, 1.82) is 0 Å². The van der Waals surface area contributed by atoms with E-state index in [4.69, 9.17) is 5.73 Å². The third-order valence-electron chi connectivity index (χ3n) is 4.20. The topological polar surface area (TPSA) is 84.2 Å². The van der Waals surface area contributed by atoms with Crippen LogP contribution in [0.5, 0.6) is 0 Å². The maximum absolute atomic E-state index is 13.7. The molecule has 1 aliphatic carbocycles. The molecule has 8 heteroatoms. The summed E-state index contributed by atoms with van der Waals surface area (Å²) in [5.41, 5.74) is 4.98. The van der Waals surface area contributed by atoms with Gasteiger partial charge in [-0.15, -0.1) is 12.4 Å². The van der Waals surface area contributed by atoms with Crippen molar-refractivity contribution in [3.8, 4) is 0 Å². The lowest BCUT2D eigenvalue weighted by Crippen LogP contribution is -2.54. The monoisotopic (exact) mass is 375 g/mol. The standard InChI is InChI=1S/C17H23F2N3O2.ClH/c1-9(2)15(17(24)21-13(8-20)10-6-7-10)22-16(23)14-11(18)4-3-5-12(14)19;/h3-5,9-10,13,15H,6-8,20H2,1-2H3,(H,21,24)(H,22,23);1H. The van der Waals surface area contributed by atoms with Gasteiger partial charge in [0.1, 0.15) is 23.2 Å². The third-order valence-corrected chi connectivity index (χ3v) is 4.20. The van der Waals surface area contributed by atoms with Crippen molar-refractivity contribution in [2.24, 2.45) is 17.6 Å². The van der Waals surface area contributed by atoms with Crippen LogP contribution >= 0.6 is 12.4 Å². The van der Waals surface area contributed by atoms with Crippen molar-refractivity contribution in [2.75, 3.05) is 6.54 Å². The lowest BCUT2D eigenvalue weighted by molar-refractivity contribution is -0.124. The van der Waals surface area contributed by atoms with E-state index in [1.807, 2.05) is 0 Å². The molecule has 1 fully saturated rings. The van der Waals surface area contributed by atoms with E-state index in [2.05, 4.69) is 10.6 Å². The Kier molecular flexibility index (Phi) is 7.76. The van der Waals surface area contributed by atoms with Gasteiger partial charge >= 0.3 is 0 Å². The van der Waals surface area contributed by atoms with Crippen LogP contribution in [0.1, 0.15) is 37.0 Å². The molecule has 1 aromatic rings. The zero-order chi connectivity index (χ0) is 17.9. The van der Waals surface area contributed by atoms with Crippen molar-refractivity contribution >= 4 is 24.2 Å². The molecule has 1 aromatic carbocycles. The van der Waals surface area contributed by atoms with Gasteiger partial charge in [0, 0.05) is 12.6 Å². The molecule has 2 rings (SSSR count). The van der Waals surface area contributed by atoms with Crippen LogP contribution in [-0.4, -0.2) is 30.4 Å². The average molecular weight is 376 g/mol. The Hall–Kier alpha value is -1.73. The van der Waals surface area contributed by atoms with Gasteiger partial charge in [0.05, 0.1) is 0 Å². The summed E-state index contributed by atoms with van der Waals surface area (Å²) >= 11 is 0.